The van der Waals surface area contributed by atoms with E-state index in [9.17, 15) is 4.79 Å². The Kier molecular flexibility index (Phi) is 6.27. The number of hydrogen-bond donors (Lipinski definition) is 2. The van der Waals surface area contributed by atoms with E-state index in [1.54, 1.807) is 18.3 Å². The minimum Gasteiger partial charge on any atom is -0.383 e. The maximum atomic E-state index is 13.2. The topological polar surface area (TPSA) is 98.2 Å². The molecule has 2 heterocycles. The second kappa shape index (κ2) is 9.65. The summed E-state index contributed by atoms with van der Waals surface area (Å²) in [5, 5.41) is 8.14. The second-order valence-electron chi connectivity index (χ2n) is 8.37. The molecule has 0 saturated heterocycles. The van der Waals surface area contributed by atoms with Crippen LogP contribution in [0.4, 0.5) is 5.82 Å². The molecular weight excluding hydrogens is 448 g/mol. The Morgan fingerprint density at radius 2 is 1.97 bits per heavy atom. The Balaban J connectivity index is 1.52. The van der Waals surface area contributed by atoms with Crippen molar-refractivity contribution in [2.75, 3.05) is 12.3 Å². The minimum atomic E-state index is -0.278. The van der Waals surface area contributed by atoms with Crippen LogP contribution >= 0.6 is 11.6 Å². The highest BCUT2D eigenvalue weighted by Crippen LogP contribution is 2.28. The Labute approximate surface area is 202 Å². The van der Waals surface area contributed by atoms with Crippen LogP contribution < -0.4 is 11.1 Å². The molecule has 172 valence electrons. The van der Waals surface area contributed by atoms with Crippen molar-refractivity contribution in [3.63, 3.8) is 0 Å². The number of halogens is 1. The number of fused-ring (bicyclic) bond motifs is 2. The predicted molar refractivity (Wildman–Crippen MR) is 137 cm³/mol. The fourth-order valence-electron chi connectivity index (χ4n) is 4.26. The first-order chi connectivity index (χ1) is 16.6. The van der Waals surface area contributed by atoms with E-state index in [1.165, 1.54) is 23.1 Å². The van der Waals surface area contributed by atoms with Crippen LogP contribution in [0.15, 0.2) is 65.3 Å². The zero-order valence-electron chi connectivity index (χ0n) is 18.7. The van der Waals surface area contributed by atoms with Gasteiger partial charge in [-0.25, -0.2) is 9.97 Å². The molecule has 34 heavy (non-hydrogen) atoms. The highest BCUT2D eigenvalue weighted by atomic mass is 35.5. The number of carbonyl (C=O) groups excluding carboxylic acids is 1. The molecule has 2 aromatic heterocycles. The molecule has 1 aliphatic carbocycles. The van der Waals surface area contributed by atoms with Crippen LogP contribution in [0.5, 0.6) is 0 Å². The van der Waals surface area contributed by atoms with Gasteiger partial charge in [-0.15, -0.1) is 0 Å². The highest BCUT2D eigenvalue weighted by molar-refractivity contribution is 6.30. The van der Waals surface area contributed by atoms with Gasteiger partial charge in [0.15, 0.2) is 5.65 Å². The summed E-state index contributed by atoms with van der Waals surface area (Å²) in [7, 11) is 0. The maximum Gasteiger partial charge on any atom is 0.257 e. The molecule has 8 heteroatoms. The van der Waals surface area contributed by atoms with Gasteiger partial charge >= 0.3 is 0 Å². The molecule has 0 fully saturated rings. The third-order valence-electron chi connectivity index (χ3n) is 5.99. The van der Waals surface area contributed by atoms with Crippen molar-refractivity contribution in [2.45, 2.75) is 32.1 Å². The molecule has 7 nitrogen and oxygen atoms in total. The van der Waals surface area contributed by atoms with Crippen LogP contribution in [0.1, 0.15) is 48.0 Å². The molecule has 2 aromatic carbocycles. The van der Waals surface area contributed by atoms with Crippen LogP contribution in [-0.2, 0) is 0 Å². The van der Waals surface area contributed by atoms with Crippen molar-refractivity contribution in [1.29, 1.82) is 0 Å². The molecule has 4 aromatic rings. The van der Waals surface area contributed by atoms with E-state index in [0.29, 0.717) is 33.8 Å². The molecule has 0 atom stereocenters. The number of nitrogens with two attached hydrogens (primary N) is 1. The summed E-state index contributed by atoms with van der Waals surface area (Å²) in [5.74, 6) is -0.0850. The van der Waals surface area contributed by atoms with Gasteiger partial charge in [-0.3, -0.25) is 4.79 Å². The summed E-state index contributed by atoms with van der Waals surface area (Å²) in [6, 6.07) is 14.8. The standard InChI is InChI=1S/C26H25ClN6O/c27-19-10-6-9-18(15-19)16-30-33-24(28)22(26(34)29-14-13-17-7-2-1-3-8-17)23-25(33)32-21-12-5-4-11-20(21)31-23/h4-7,9-12,15-16H,1-3,8,13-14,28H2,(H,29,34). The summed E-state index contributed by atoms with van der Waals surface area (Å²) < 4.78 is 1.47. The lowest BCUT2D eigenvalue weighted by Crippen LogP contribution is -2.25. The van der Waals surface area contributed by atoms with E-state index in [0.717, 1.165) is 24.8 Å². The fourth-order valence-corrected chi connectivity index (χ4v) is 4.45. The van der Waals surface area contributed by atoms with Crippen molar-refractivity contribution >= 4 is 51.7 Å². The van der Waals surface area contributed by atoms with E-state index in [2.05, 4.69) is 16.5 Å². The number of carbonyl (C=O) groups is 1. The molecule has 0 spiro atoms. The number of nitrogen functional groups attached to an aromatic ring is 1. The Bertz CT molecular complexity index is 1440. The first kappa shape index (κ1) is 22.1. The molecule has 0 aliphatic heterocycles. The van der Waals surface area contributed by atoms with E-state index in [-0.39, 0.29) is 17.3 Å². The number of rotatable bonds is 6. The molecule has 5 rings (SSSR count). The number of anilines is 1. The van der Waals surface area contributed by atoms with Gasteiger partial charge in [0.25, 0.3) is 5.91 Å². The summed E-state index contributed by atoms with van der Waals surface area (Å²) in [5.41, 5.74) is 11.2. The van der Waals surface area contributed by atoms with Crippen LogP contribution in [-0.4, -0.2) is 33.3 Å². The number of hydrogen-bond acceptors (Lipinski definition) is 5. The van der Waals surface area contributed by atoms with Gasteiger partial charge in [0.05, 0.1) is 17.2 Å². The van der Waals surface area contributed by atoms with Gasteiger partial charge < -0.3 is 11.1 Å². The number of amides is 1. The lowest BCUT2D eigenvalue weighted by molar-refractivity contribution is 0.0956. The van der Waals surface area contributed by atoms with Gasteiger partial charge in [-0.05, 0) is 61.9 Å². The smallest absolute Gasteiger partial charge is 0.257 e. The molecular formula is C26H25ClN6O. The Hall–Kier alpha value is -3.71. The third-order valence-corrected chi connectivity index (χ3v) is 6.22. The fraction of sp³-hybridized carbons (Fsp3) is 0.231. The largest absolute Gasteiger partial charge is 0.383 e. The molecule has 0 unspecified atom stereocenters. The van der Waals surface area contributed by atoms with Gasteiger partial charge in [0.2, 0.25) is 0 Å². The first-order valence-electron chi connectivity index (χ1n) is 11.4. The average Bonchev–Trinajstić information content (AvgIpc) is 3.12. The summed E-state index contributed by atoms with van der Waals surface area (Å²) in [6.45, 7) is 0.545. The maximum absolute atomic E-state index is 13.2. The zero-order valence-corrected chi connectivity index (χ0v) is 19.4. The predicted octanol–water partition coefficient (Wildman–Crippen LogP) is 5.32. The Morgan fingerprint density at radius 1 is 1.15 bits per heavy atom. The molecule has 1 aliphatic rings. The number of allylic oxidation sites excluding steroid dienone is 1. The molecule has 0 saturated carbocycles. The number of para-hydroxylation sites is 2. The number of nitrogens with zero attached hydrogens (tertiary/aromatic N) is 4. The second-order valence-corrected chi connectivity index (χ2v) is 8.81. The normalized spacial score (nSPS) is 14.1. The summed E-state index contributed by atoms with van der Waals surface area (Å²) in [6.07, 6.45) is 9.45. The lowest BCUT2D eigenvalue weighted by Gasteiger charge is -2.12. The number of aromatic nitrogens is 3. The lowest BCUT2D eigenvalue weighted by atomic mass is 9.97. The van der Waals surface area contributed by atoms with Crippen molar-refractivity contribution in [1.82, 2.24) is 20.0 Å². The van der Waals surface area contributed by atoms with Gasteiger partial charge in [0.1, 0.15) is 16.9 Å². The van der Waals surface area contributed by atoms with Crippen LogP contribution in [0.25, 0.3) is 22.2 Å². The van der Waals surface area contributed by atoms with Crippen molar-refractivity contribution < 1.29 is 4.79 Å². The SMILES string of the molecule is Nc1c(C(=O)NCCC2=CCCCC2)c2nc3ccccc3nc2n1N=Cc1cccc(Cl)c1. The first-order valence-corrected chi connectivity index (χ1v) is 11.8. The van der Waals surface area contributed by atoms with Crippen molar-refractivity contribution in [3.8, 4) is 0 Å². The Morgan fingerprint density at radius 3 is 2.74 bits per heavy atom. The number of benzene rings is 2. The molecule has 1 amide bonds. The minimum absolute atomic E-state index is 0.193. The van der Waals surface area contributed by atoms with Gasteiger partial charge in [0, 0.05) is 11.6 Å². The van der Waals surface area contributed by atoms with E-state index >= 15 is 0 Å². The van der Waals surface area contributed by atoms with Crippen LogP contribution in [0.3, 0.4) is 0 Å². The van der Waals surface area contributed by atoms with Gasteiger partial charge in [-0.1, -0.05) is 47.5 Å². The summed E-state index contributed by atoms with van der Waals surface area (Å²) in [4.78, 5) is 22.7. The molecule has 0 radical (unpaired) electrons. The zero-order chi connectivity index (χ0) is 23.5. The monoisotopic (exact) mass is 472 g/mol. The van der Waals surface area contributed by atoms with Gasteiger partial charge in [-0.2, -0.15) is 9.78 Å². The van der Waals surface area contributed by atoms with Crippen LogP contribution in [0, 0.1) is 0 Å². The van der Waals surface area contributed by atoms with E-state index in [1.807, 2.05) is 36.4 Å². The van der Waals surface area contributed by atoms with Crippen molar-refractivity contribution in [2.24, 2.45) is 5.10 Å². The quantitative estimate of drug-likeness (QED) is 0.293. The van der Waals surface area contributed by atoms with E-state index < -0.39 is 0 Å². The van der Waals surface area contributed by atoms with E-state index in [4.69, 9.17) is 27.3 Å². The van der Waals surface area contributed by atoms with Crippen molar-refractivity contribution in [3.05, 3.63) is 76.3 Å². The third kappa shape index (κ3) is 4.52. The number of nitrogens with one attached hydrogen (secondary N) is 1. The highest BCUT2D eigenvalue weighted by Gasteiger charge is 2.24. The van der Waals surface area contributed by atoms with Crippen LogP contribution in [0.2, 0.25) is 5.02 Å². The molecule has 3 N–H and O–H groups in total. The molecule has 0 bridgehead atoms. The average molecular weight is 473 g/mol. The summed E-state index contributed by atoms with van der Waals surface area (Å²) >= 11 is 6.10.